The SMILES string of the molecule is COC1CC(NC2CCCOc3c(C)cccc32)C1(C)C. The Hall–Kier alpha value is -1.06. The molecule has 0 radical (unpaired) electrons. The number of ether oxygens (including phenoxy) is 2. The second kappa shape index (κ2) is 5.62. The summed E-state index contributed by atoms with van der Waals surface area (Å²) in [6.07, 6.45) is 3.71. The molecule has 0 bridgehead atoms. The smallest absolute Gasteiger partial charge is 0.126 e. The van der Waals surface area contributed by atoms with Crippen LogP contribution in [0.15, 0.2) is 18.2 Å². The molecule has 1 heterocycles. The van der Waals surface area contributed by atoms with Gasteiger partial charge in [0.2, 0.25) is 0 Å². The van der Waals surface area contributed by atoms with Crippen molar-refractivity contribution in [2.45, 2.75) is 58.2 Å². The molecule has 2 aliphatic rings. The Morgan fingerprint density at radius 1 is 1.33 bits per heavy atom. The topological polar surface area (TPSA) is 30.5 Å². The third kappa shape index (κ3) is 2.58. The molecular formula is C18H27NO2. The van der Waals surface area contributed by atoms with Crippen molar-refractivity contribution in [2.75, 3.05) is 13.7 Å². The van der Waals surface area contributed by atoms with Gasteiger partial charge in [-0.2, -0.15) is 0 Å². The first-order chi connectivity index (χ1) is 10.0. The van der Waals surface area contributed by atoms with Crippen molar-refractivity contribution in [3.8, 4) is 5.75 Å². The third-order valence-electron chi connectivity index (χ3n) is 5.37. The van der Waals surface area contributed by atoms with Gasteiger partial charge in [0.25, 0.3) is 0 Å². The summed E-state index contributed by atoms with van der Waals surface area (Å²) < 4.78 is 11.5. The van der Waals surface area contributed by atoms with E-state index in [1.807, 2.05) is 7.11 Å². The van der Waals surface area contributed by atoms with Crippen LogP contribution in [0.3, 0.4) is 0 Å². The number of hydrogen-bond acceptors (Lipinski definition) is 3. The van der Waals surface area contributed by atoms with E-state index in [0.717, 1.165) is 31.6 Å². The molecule has 0 aromatic heterocycles. The fourth-order valence-corrected chi connectivity index (χ4v) is 3.75. The maximum atomic E-state index is 5.97. The van der Waals surface area contributed by atoms with Crippen molar-refractivity contribution in [2.24, 2.45) is 5.41 Å². The van der Waals surface area contributed by atoms with E-state index < -0.39 is 0 Å². The van der Waals surface area contributed by atoms with Crippen molar-refractivity contribution in [1.29, 1.82) is 0 Å². The summed E-state index contributed by atoms with van der Waals surface area (Å²) in [4.78, 5) is 0. The zero-order chi connectivity index (χ0) is 15.0. The van der Waals surface area contributed by atoms with E-state index in [1.165, 1.54) is 11.1 Å². The van der Waals surface area contributed by atoms with Gasteiger partial charge in [-0.3, -0.25) is 0 Å². The van der Waals surface area contributed by atoms with Crippen LogP contribution in [0.1, 0.15) is 50.3 Å². The predicted octanol–water partition coefficient (Wildman–Crippen LogP) is 3.61. The van der Waals surface area contributed by atoms with E-state index in [4.69, 9.17) is 9.47 Å². The number of nitrogens with one attached hydrogen (secondary N) is 1. The van der Waals surface area contributed by atoms with E-state index in [1.54, 1.807) is 0 Å². The van der Waals surface area contributed by atoms with E-state index in [0.29, 0.717) is 18.2 Å². The number of para-hydroxylation sites is 1. The fourth-order valence-electron chi connectivity index (χ4n) is 3.75. The average Bonchev–Trinajstić information content (AvgIpc) is 2.66. The molecule has 1 aliphatic carbocycles. The molecule has 1 fully saturated rings. The number of methoxy groups -OCH3 is 1. The number of hydrogen-bond donors (Lipinski definition) is 1. The molecule has 21 heavy (non-hydrogen) atoms. The first-order valence-corrected chi connectivity index (χ1v) is 8.05. The first-order valence-electron chi connectivity index (χ1n) is 8.05. The summed E-state index contributed by atoms with van der Waals surface area (Å²) in [6, 6.07) is 7.39. The predicted molar refractivity (Wildman–Crippen MR) is 84.8 cm³/mol. The zero-order valence-corrected chi connectivity index (χ0v) is 13.6. The van der Waals surface area contributed by atoms with Gasteiger partial charge >= 0.3 is 0 Å². The summed E-state index contributed by atoms with van der Waals surface area (Å²) in [7, 11) is 1.82. The standard InChI is InChI=1S/C18H27NO2/c1-12-7-5-8-13-14(9-6-10-21-17(12)13)19-15-11-16(20-4)18(15,2)3/h5,7-8,14-16,19H,6,9-11H2,1-4H3. The maximum absolute atomic E-state index is 5.97. The summed E-state index contributed by atoms with van der Waals surface area (Å²) in [5.41, 5.74) is 2.76. The highest BCUT2D eigenvalue weighted by Crippen LogP contribution is 2.44. The Morgan fingerprint density at radius 3 is 2.86 bits per heavy atom. The first kappa shape index (κ1) is 14.9. The molecule has 0 spiro atoms. The summed E-state index contributed by atoms with van der Waals surface area (Å²) >= 11 is 0. The van der Waals surface area contributed by atoms with Crippen LogP contribution < -0.4 is 10.1 Å². The lowest BCUT2D eigenvalue weighted by Crippen LogP contribution is -2.61. The van der Waals surface area contributed by atoms with Crippen molar-refractivity contribution in [3.05, 3.63) is 29.3 Å². The van der Waals surface area contributed by atoms with Gasteiger partial charge in [-0.05, 0) is 31.7 Å². The lowest BCUT2D eigenvalue weighted by Gasteiger charge is -2.52. The summed E-state index contributed by atoms with van der Waals surface area (Å²) in [5.74, 6) is 1.09. The Morgan fingerprint density at radius 2 is 2.14 bits per heavy atom. The van der Waals surface area contributed by atoms with Gasteiger partial charge in [0.1, 0.15) is 5.75 Å². The molecule has 1 aromatic rings. The van der Waals surface area contributed by atoms with E-state index in [-0.39, 0.29) is 5.41 Å². The number of rotatable bonds is 3. The molecule has 3 unspecified atom stereocenters. The van der Waals surface area contributed by atoms with Crippen LogP contribution in [-0.2, 0) is 4.74 Å². The molecule has 3 heteroatoms. The van der Waals surface area contributed by atoms with Crippen LogP contribution in [0.2, 0.25) is 0 Å². The average molecular weight is 289 g/mol. The molecule has 1 aromatic carbocycles. The van der Waals surface area contributed by atoms with Crippen molar-refractivity contribution >= 4 is 0 Å². The van der Waals surface area contributed by atoms with Crippen LogP contribution >= 0.6 is 0 Å². The van der Waals surface area contributed by atoms with E-state index in [2.05, 4.69) is 44.3 Å². The van der Waals surface area contributed by atoms with Gasteiger partial charge < -0.3 is 14.8 Å². The fraction of sp³-hybridized carbons (Fsp3) is 0.667. The van der Waals surface area contributed by atoms with Gasteiger partial charge in [0.15, 0.2) is 0 Å². The molecular weight excluding hydrogens is 262 g/mol. The lowest BCUT2D eigenvalue weighted by atomic mass is 9.64. The van der Waals surface area contributed by atoms with E-state index >= 15 is 0 Å². The third-order valence-corrected chi connectivity index (χ3v) is 5.37. The summed E-state index contributed by atoms with van der Waals surface area (Å²) in [5, 5.41) is 3.87. The normalized spacial score (nSPS) is 30.8. The Labute approximate surface area is 128 Å². The Balaban J connectivity index is 1.79. The van der Waals surface area contributed by atoms with Crippen LogP contribution in [0.25, 0.3) is 0 Å². The van der Waals surface area contributed by atoms with Gasteiger partial charge in [-0.25, -0.2) is 0 Å². The highest BCUT2D eigenvalue weighted by Gasteiger charge is 2.49. The maximum Gasteiger partial charge on any atom is 0.126 e. The molecule has 1 aliphatic heterocycles. The van der Waals surface area contributed by atoms with Gasteiger partial charge in [-0.1, -0.05) is 32.0 Å². The molecule has 3 atom stereocenters. The van der Waals surface area contributed by atoms with Crippen LogP contribution in [0.5, 0.6) is 5.75 Å². The minimum absolute atomic E-state index is 0.200. The molecule has 0 saturated heterocycles. The van der Waals surface area contributed by atoms with Crippen molar-refractivity contribution in [1.82, 2.24) is 5.32 Å². The molecule has 3 rings (SSSR count). The second-order valence-electron chi connectivity index (χ2n) is 7.04. The van der Waals surface area contributed by atoms with Gasteiger partial charge in [0.05, 0.1) is 12.7 Å². The van der Waals surface area contributed by atoms with Crippen LogP contribution in [0, 0.1) is 12.3 Å². The lowest BCUT2D eigenvalue weighted by molar-refractivity contribution is -0.101. The molecule has 3 nitrogen and oxygen atoms in total. The molecule has 1 saturated carbocycles. The summed E-state index contributed by atoms with van der Waals surface area (Å²) in [6.45, 7) is 7.56. The molecule has 1 N–H and O–H groups in total. The van der Waals surface area contributed by atoms with Crippen molar-refractivity contribution < 1.29 is 9.47 Å². The highest BCUT2D eigenvalue weighted by molar-refractivity contribution is 5.43. The molecule has 116 valence electrons. The number of aryl methyl sites for hydroxylation is 1. The van der Waals surface area contributed by atoms with Crippen LogP contribution in [0.4, 0.5) is 0 Å². The Kier molecular flexibility index (Phi) is 3.98. The number of benzene rings is 1. The zero-order valence-electron chi connectivity index (χ0n) is 13.6. The monoisotopic (exact) mass is 289 g/mol. The van der Waals surface area contributed by atoms with Crippen LogP contribution in [-0.4, -0.2) is 25.9 Å². The second-order valence-corrected chi connectivity index (χ2v) is 7.04. The minimum atomic E-state index is 0.200. The highest BCUT2D eigenvalue weighted by atomic mass is 16.5. The largest absolute Gasteiger partial charge is 0.493 e. The quantitative estimate of drug-likeness (QED) is 0.922. The Bertz CT molecular complexity index is 512. The van der Waals surface area contributed by atoms with E-state index in [9.17, 15) is 0 Å². The minimum Gasteiger partial charge on any atom is -0.493 e. The van der Waals surface area contributed by atoms with Crippen molar-refractivity contribution in [3.63, 3.8) is 0 Å². The molecule has 0 amide bonds. The number of fused-ring (bicyclic) bond motifs is 1. The van der Waals surface area contributed by atoms with Gasteiger partial charge in [-0.15, -0.1) is 0 Å². The van der Waals surface area contributed by atoms with Gasteiger partial charge in [0, 0.05) is 30.2 Å².